The number of rotatable bonds is 3. The maximum Gasteiger partial charge on any atom is 0.139 e. The van der Waals surface area contributed by atoms with Crippen LogP contribution in [0.4, 0.5) is 0 Å². The van der Waals surface area contributed by atoms with Gasteiger partial charge in [-0.15, -0.1) is 11.6 Å². The highest BCUT2D eigenvalue weighted by Gasteiger charge is 2.13. The van der Waals surface area contributed by atoms with Gasteiger partial charge in [0.25, 0.3) is 0 Å². The molecule has 2 aromatic carbocycles. The molecule has 0 saturated heterocycles. The molecule has 0 aliphatic carbocycles. The number of fused-ring (bicyclic) bond motifs is 1. The minimum atomic E-state index is 0.330. The summed E-state index contributed by atoms with van der Waals surface area (Å²) < 4.78 is 8.45. The number of benzene rings is 2. The van der Waals surface area contributed by atoms with Gasteiger partial charge in [0.15, 0.2) is 0 Å². The fourth-order valence-electron chi connectivity index (χ4n) is 2.27. The maximum absolute atomic E-state index is 6.09. The van der Waals surface area contributed by atoms with Gasteiger partial charge in [-0.2, -0.15) is 0 Å². The van der Waals surface area contributed by atoms with E-state index in [0.717, 1.165) is 26.1 Å². The minimum Gasteiger partial charge on any atom is -0.495 e. The maximum atomic E-state index is 6.09. The van der Waals surface area contributed by atoms with Crippen LogP contribution in [0.25, 0.3) is 16.7 Å². The van der Waals surface area contributed by atoms with E-state index in [1.54, 1.807) is 7.11 Å². The molecule has 0 saturated carbocycles. The predicted molar refractivity (Wildman–Crippen MR) is 94.9 cm³/mol. The molecule has 0 fully saturated rings. The topological polar surface area (TPSA) is 27.1 Å². The average Bonchev–Trinajstić information content (AvgIpc) is 2.85. The number of methoxy groups -OCH3 is 1. The number of halogens is 3. The number of alkyl halides is 1. The molecule has 3 aromatic rings. The van der Waals surface area contributed by atoms with Crippen LogP contribution in [0.1, 0.15) is 5.82 Å². The van der Waals surface area contributed by atoms with Crippen molar-refractivity contribution in [3.05, 3.63) is 50.8 Å². The number of imidazole rings is 1. The fourth-order valence-corrected chi connectivity index (χ4v) is 3.12. The Kier molecular flexibility index (Phi) is 4.28. The molecule has 1 aromatic heterocycles. The highest BCUT2D eigenvalue weighted by atomic mass is 127. The summed E-state index contributed by atoms with van der Waals surface area (Å²) >= 11 is 14.4. The van der Waals surface area contributed by atoms with E-state index < -0.39 is 0 Å². The smallest absolute Gasteiger partial charge is 0.139 e. The van der Waals surface area contributed by atoms with Crippen molar-refractivity contribution in [1.29, 1.82) is 0 Å². The number of hydrogen-bond acceptors (Lipinski definition) is 2. The SMILES string of the molecule is COc1cc(-n2c(CCl)nc3cc(I)ccc32)ccc1Cl. The largest absolute Gasteiger partial charge is 0.495 e. The molecule has 0 unspecified atom stereocenters. The zero-order valence-electron chi connectivity index (χ0n) is 11.1. The molecule has 108 valence electrons. The second-order valence-electron chi connectivity index (χ2n) is 4.45. The van der Waals surface area contributed by atoms with Gasteiger partial charge in [-0.3, -0.25) is 4.57 Å². The summed E-state index contributed by atoms with van der Waals surface area (Å²) in [5.41, 5.74) is 2.86. The van der Waals surface area contributed by atoms with Crippen molar-refractivity contribution in [1.82, 2.24) is 9.55 Å². The molecule has 3 nitrogen and oxygen atoms in total. The Bertz CT molecular complexity index is 817. The molecule has 0 atom stereocenters. The van der Waals surface area contributed by atoms with Gasteiger partial charge in [0.1, 0.15) is 11.6 Å². The first-order chi connectivity index (χ1) is 10.1. The van der Waals surface area contributed by atoms with Crippen molar-refractivity contribution in [3.8, 4) is 11.4 Å². The summed E-state index contributed by atoms with van der Waals surface area (Å²) in [5, 5.41) is 0.577. The van der Waals surface area contributed by atoms with Crippen LogP contribution in [0.2, 0.25) is 5.02 Å². The number of ether oxygens (including phenoxy) is 1. The number of hydrogen-bond donors (Lipinski definition) is 0. The highest BCUT2D eigenvalue weighted by molar-refractivity contribution is 14.1. The van der Waals surface area contributed by atoms with Gasteiger partial charge < -0.3 is 4.74 Å². The van der Waals surface area contributed by atoms with E-state index in [-0.39, 0.29) is 0 Å². The zero-order chi connectivity index (χ0) is 15.0. The zero-order valence-corrected chi connectivity index (χ0v) is 14.8. The third-order valence-corrected chi connectivity index (χ3v) is 4.42. The van der Waals surface area contributed by atoms with Gasteiger partial charge in [-0.05, 0) is 52.9 Å². The van der Waals surface area contributed by atoms with Crippen LogP contribution in [0, 0.1) is 3.57 Å². The van der Waals surface area contributed by atoms with E-state index in [1.165, 1.54) is 0 Å². The van der Waals surface area contributed by atoms with E-state index in [9.17, 15) is 0 Å². The Morgan fingerprint density at radius 3 is 2.76 bits per heavy atom. The quantitative estimate of drug-likeness (QED) is 0.428. The molecular weight excluding hydrogens is 422 g/mol. The first-order valence-corrected chi connectivity index (χ1v) is 8.20. The van der Waals surface area contributed by atoms with Crippen molar-refractivity contribution >= 4 is 56.8 Å². The molecule has 3 rings (SSSR count). The van der Waals surface area contributed by atoms with Gasteiger partial charge in [0.05, 0.1) is 34.7 Å². The van der Waals surface area contributed by atoms with Crippen LogP contribution < -0.4 is 4.74 Å². The molecule has 0 amide bonds. The second kappa shape index (κ2) is 6.02. The molecule has 0 radical (unpaired) electrons. The molecule has 6 heteroatoms. The van der Waals surface area contributed by atoms with Crippen LogP contribution >= 0.6 is 45.8 Å². The van der Waals surface area contributed by atoms with Crippen molar-refractivity contribution in [2.45, 2.75) is 5.88 Å². The lowest BCUT2D eigenvalue weighted by Gasteiger charge is -2.10. The second-order valence-corrected chi connectivity index (χ2v) is 6.37. The molecule has 1 heterocycles. The van der Waals surface area contributed by atoms with Gasteiger partial charge in [-0.1, -0.05) is 11.6 Å². The Balaban J connectivity index is 2.28. The van der Waals surface area contributed by atoms with E-state index in [4.69, 9.17) is 27.9 Å². The molecule has 0 N–H and O–H groups in total. The number of nitrogens with zero attached hydrogens (tertiary/aromatic N) is 2. The molecular formula is C15H11Cl2IN2O. The summed E-state index contributed by atoms with van der Waals surface area (Å²) in [5.74, 6) is 1.75. The summed E-state index contributed by atoms with van der Waals surface area (Å²) in [7, 11) is 1.60. The summed E-state index contributed by atoms with van der Waals surface area (Å²) in [4.78, 5) is 4.60. The Morgan fingerprint density at radius 1 is 1.24 bits per heavy atom. The summed E-state index contributed by atoms with van der Waals surface area (Å²) in [6.45, 7) is 0. The monoisotopic (exact) mass is 432 g/mol. The van der Waals surface area contributed by atoms with E-state index in [0.29, 0.717) is 16.7 Å². The summed E-state index contributed by atoms with van der Waals surface area (Å²) in [6.07, 6.45) is 0. The lowest BCUT2D eigenvalue weighted by atomic mass is 10.2. The van der Waals surface area contributed by atoms with Crippen molar-refractivity contribution in [2.75, 3.05) is 7.11 Å². The Labute approximate surface area is 146 Å². The minimum absolute atomic E-state index is 0.330. The van der Waals surface area contributed by atoms with Crippen LogP contribution in [0.15, 0.2) is 36.4 Å². The van der Waals surface area contributed by atoms with Crippen LogP contribution in [-0.4, -0.2) is 16.7 Å². The summed E-state index contributed by atoms with van der Waals surface area (Å²) in [6, 6.07) is 11.8. The van der Waals surface area contributed by atoms with Gasteiger partial charge in [-0.25, -0.2) is 4.98 Å². The Morgan fingerprint density at radius 2 is 2.05 bits per heavy atom. The highest BCUT2D eigenvalue weighted by Crippen LogP contribution is 2.30. The van der Waals surface area contributed by atoms with E-state index >= 15 is 0 Å². The van der Waals surface area contributed by atoms with Gasteiger partial charge >= 0.3 is 0 Å². The normalized spacial score (nSPS) is 11.0. The van der Waals surface area contributed by atoms with E-state index in [1.807, 2.05) is 41.0 Å². The van der Waals surface area contributed by atoms with Crippen LogP contribution in [0.3, 0.4) is 0 Å². The van der Waals surface area contributed by atoms with Gasteiger partial charge in [0, 0.05) is 9.64 Å². The standard InChI is InChI=1S/C15H11Cl2IN2O/c1-21-14-7-10(3-4-11(14)17)20-13-5-2-9(18)6-12(13)19-15(20)8-16/h2-7H,8H2,1H3. The first-order valence-electron chi connectivity index (χ1n) is 6.21. The predicted octanol–water partition coefficient (Wildman–Crippen LogP) is 5.03. The van der Waals surface area contributed by atoms with Crippen LogP contribution in [-0.2, 0) is 5.88 Å². The third kappa shape index (κ3) is 2.72. The van der Waals surface area contributed by atoms with Crippen molar-refractivity contribution < 1.29 is 4.74 Å². The fraction of sp³-hybridized carbons (Fsp3) is 0.133. The number of aromatic nitrogens is 2. The van der Waals surface area contributed by atoms with Crippen LogP contribution in [0.5, 0.6) is 5.75 Å². The lowest BCUT2D eigenvalue weighted by molar-refractivity contribution is 0.415. The average molecular weight is 433 g/mol. The first kappa shape index (κ1) is 14.9. The molecule has 21 heavy (non-hydrogen) atoms. The van der Waals surface area contributed by atoms with E-state index in [2.05, 4.69) is 27.6 Å². The van der Waals surface area contributed by atoms with Gasteiger partial charge in [0.2, 0.25) is 0 Å². The molecule has 0 aliphatic rings. The third-order valence-electron chi connectivity index (χ3n) is 3.20. The lowest BCUT2D eigenvalue weighted by Crippen LogP contribution is -2.00. The van der Waals surface area contributed by atoms with Crippen molar-refractivity contribution in [3.63, 3.8) is 0 Å². The van der Waals surface area contributed by atoms with Crippen molar-refractivity contribution in [2.24, 2.45) is 0 Å². The molecule has 0 spiro atoms. The molecule has 0 aliphatic heterocycles. The Hall–Kier alpha value is -0.980. The molecule has 0 bridgehead atoms.